The molecule has 0 aromatic carbocycles. The van der Waals surface area contributed by atoms with Crippen molar-refractivity contribution in [1.82, 2.24) is 19.4 Å². The Morgan fingerprint density at radius 3 is 2.64 bits per heavy atom. The van der Waals surface area contributed by atoms with Crippen LogP contribution in [0.15, 0.2) is 16.1 Å². The Labute approximate surface area is 152 Å². The van der Waals surface area contributed by atoms with Crippen molar-refractivity contribution in [3.05, 3.63) is 22.1 Å². The molecule has 1 saturated heterocycles. The molecule has 1 amide bonds. The number of hydrogen-bond donors (Lipinski definition) is 0. The summed E-state index contributed by atoms with van der Waals surface area (Å²) in [5, 5.41) is 0.735. The van der Waals surface area contributed by atoms with Crippen molar-refractivity contribution in [2.75, 3.05) is 38.5 Å². The van der Waals surface area contributed by atoms with Gasteiger partial charge in [-0.2, -0.15) is 0 Å². The summed E-state index contributed by atoms with van der Waals surface area (Å²) < 4.78 is 1.64. The normalized spacial score (nSPS) is 22.2. The zero-order valence-corrected chi connectivity index (χ0v) is 15.5. The molecule has 0 atom stereocenters. The van der Waals surface area contributed by atoms with Crippen molar-refractivity contribution in [3.8, 4) is 0 Å². The minimum Gasteiger partial charge on any atom is -0.336 e. The van der Waals surface area contributed by atoms with Crippen LogP contribution >= 0.6 is 11.8 Å². The van der Waals surface area contributed by atoms with Gasteiger partial charge in [0.1, 0.15) is 5.56 Å². The van der Waals surface area contributed by atoms with Crippen LogP contribution in [0.3, 0.4) is 0 Å². The molecule has 4 rings (SSSR count). The average Bonchev–Trinajstić information content (AvgIpc) is 3.13. The molecule has 1 aromatic rings. The first-order valence-electron chi connectivity index (χ1n) is 9.46. The summed E-state index contributed by atoms with van der Waals surface area (Å²) in [5.74, 6) is 1.54. The molecule has 1 aliphatic carbocycles. The summed E-state index contributed by atoms with van der Waals surface area (Å²) in [6, 6.07) is 0. The number of thioether (sulfide) groups is 1. The lowest BCUT2D eigenvalue weighted by molar-refractivity contribution is 0.0603. The fourth-order valence-corrected chi connectivity index (χ4v) is 5.12. The van der Waals surface area contributed by atoms with Crippen LogP contribution in [0.25, 0.3) is 0 Å². The highest BCUT2D eigenvalue weighted by atomic mass is 32.2. The Kier molecular flexibility index (Phi) is 5.12. The third-order valence-corrected chi connectivity index (χ3v) is 6.66. The second kappa shape index (κ2) is 7.50. The van der Waals surface area contributed by atoms with Crippen LogP contribution < -0.4 is 5.56 Å². The van der Waals surface area contributed by atoms with Gasteiger partial charge in [0.2, 0.25) is 0 Å². The predicted octanol–water partition coefficient (Wildman–Crippen LogP) is 1.69. The summed E-state index contributed by atoms with van der Waals surface area (Å²) in [5.41, 5.74) is 0.0524. The van der Waals surface area contributed by atoms with Gasteiger partial charge < -0.3 is 4.90 Å². The Hall–Kier alpha value is -1.34. The molecule has 136 valence electrons. The van der Waals surface area contributed by atoms with Gasteiger partial charge >= 0.3 is 0 Å². The molecular formula is C18H26N4O2S. The predicted molar refractivity (Wildman–Crippen MR) is 98.1 cm³/mol. The fraction of sp³-hybridized carbons (Fsp3) is 0.722. The minimum absolute atomic E-state index is 0.151. The van der Waals surface area contributed by atoms with Crippen molar-refractivity contribution in [1.29, 1.82) is 0 Å². The molecule has 0 N–H and O–H groups in total. The molecule has 3 heterocycles. The highest BCUT2D eigenvalue weighted by Crippen LogP contribution is 2.25. The summed E-state index contributed by atoms with van der Waals surface area (Å²) in [4.78, 5) is 33.9. The molecule has 0 spiro atoms. The average molecular weight is 362 g/mol. The third kappa shape index (κ3) is 3.62. The van der Waals surface area contributed by atoms with Gasteiger partial charge in [-0.3, -0.25) is 19.1 Å². The largest absolute Gasteiger partial charge is 0.336 e. The number of fused-ring (bicyclic) bond motifs is 1. The molecule has 0 radical (unpaired) electrons. The smallest absolute Gasteiger partial charge is 0.267 e. The summed E-state index contributed by atoms with van der Waals surface area (Å²) in [7, 11) is 0. The zero-order chi connectivity index (χ0) is 17.2. The van der Waals surface area contributed by atoms with Crippen molar-refractivity contribution in [3.63, 3.8) is 0 Å². The van der Waals surface area contributed by atoms with Crippen LogP contribution in [0.2, 0.25) is 0 Å². The third-order valence-electron chi connectivity index (χ3n) is 5.69. The Bertz CT molecular complexity index is 691. The molecule has 2 aliphatic heterocycles. The number of rotatable bonds is 3. The van der Waals surface area contributed by atoms with E-state index >= 15 is 0 Å². The van der Waals surface area contributed by atoms with E-state index in [9.17, 15) is 9.59 Å². The second-order valence-electron chi connectivity index (χ2n) is 7.36. The van der Waals surface area contributed by atoms with E-state index < -0.39 is 0 Å². The first-order chi connectivity index (χ1) is 12.2. The molecular weight excluding hydrogens is 336 g/mol. The molecule has 2 fully saturated rings. The van der Waals surface area contributed by atoms with Gasteiger partial charge in [0.25, 0.3) is 11.5 Å². The topological polar surface area (TPSA) is 58.4 Å². The summed E-state index contributed by atoms with van der Waals surface area (Å²) in [6.07, 6.45) is 8.32. The highest BCUT2D eigenvalue weighted by Gasteiger charge is 2.27. The van der Waals surface area contributed by atoms with Crippen molar-refractivity contribution in [2.24, 2.45) is 5.92 Å². The maximum absolute atomic E-state index is 12.8. The molecule has 0 bridgehead atoms. The number of hydrogen-bond acceptors (Lipinski definition) is 5. The number of carbonyl (C=O) groups is 1. The standard InChI is InChI=1S/C18H26N4O2S/c23-16(15-12-19-18-22(17(15)24)10-11-25-18)21-8-6-20(7-9-21)13-14-4-2-1-3-5-14/h12,14H,1-11,13H2. The summed E-state index contributed by atoms with van der Waals surface area (Å²) in [6.45, 7) is 5.07. The lowest BCUT2D eigenvalue weighted by atomic mass is 9.89. The SMILES string of the molecule is O=C(c1cnc2n(c1=O)CCS2)N1CCN(CC2CCCCC2)CC1. The van der Waals surface area contributed by atoms with Crippen molar-refractivity contribution in [2.45, 2.75) is 43.8 Å². The van der Waals surface area contributed by atoms with Crippen molar-refractivity contribution >= 4 is 17.7 Å². The lowest BCUT2D eigenvalue weighted by Crippen LogP contribution is -2.50. The first kappa shape index (κ1) is 17.1. The van der Waals surface area contributed by atoms with Gasteiger partial charge in [-0.1, -0.05) is 31.0 Å². The molecule has 25 heavy (non-hydrogen) atoms. The van der Waals surface area contributed by atoms with Gasteiger partial charge in [-0.25, -0.2) is 4.98 Å². The monoisotopic (exact) mass is 362 g/mol. The molecule has 6 nitrogen and oxygen atoms in total. The molecule has 1 saturated carbocycles. The van der Waals surface area contributed by atoms with E-state index in [4.69, 9.17) is 0 Å². The van der Waals surface area contributed by atoms with Crippen LogP contribution in [-0.4, -0.2) is 63.7 Å². The zero-order valence-electron chi connectivity index (χ0n) is 14.7. The molecule has 0 unspecified atom stereocenters. The number of aromatic nitrogens is 2. The molecule has 1 aromatic heterocycles. The van der Waals surface area contributed by atoms with Gasteiger partial charge in [-0.05, 0) is 18.8 Å². The first-order valence-corrected chi connectivity index (χ1v) is 10.5. The second-order valence-corrected chi connectivity index (χ2v) is 8.42. The van der Waals surface area contributed by atoms with E-state index in [1.807, 2.05) is 4.90 Å². The van der Waals surface area contributed by atoms with E-state index in [1.165, 1.54) is 44.8 Å². The van der Waals surface area contributed by atoms with Gasteiger partial charge in [0.15, 0.2) is 5.16 Å². The van der Waals surface area contributed by atoms with Crippen molar-refractivity contribution < 1.29 is 4.79 Å². The van der Waals surface area contributed by atoms with Crippen LogP contribution in [-0.2, 0) is 6.54 Å². The summed E-state index contributed by atoms with van der Waals surface area (Å²) >= 11 is 1.58. The van der Waals surface area contributed by atoms with Crippen LogP contribution in [0.5, 0.6) is 0 Å². The highest BCUT2D eigenvalue weighted by molar-refractivity contribution is 7.99. The quantitative estimate of drug-likeness (QED) is 0.766. The Morgan fingerprint density at radius 2 is 1.88 bits per heavy atom. The Balaban J connectivity index is 1.36. The molecule has 7 heteroatoms. The van der Waals surface area contributed by atoms with Crippen LogP contribution in [0.1, 0.15) is 42.5 Å². The lowest BCUT2D eigenvalue weighted by Gasteiger charge is -2.37. The van der Waals surface area contributed by atoms with E-state index in [-0.39, 0.29) is 17.0 Å². The van der Waals surface area contributed by atoms with Gasteiger partial charge in [0, 0.05) is 51.2 Å². The fourth-order valence-electron chi connectivity index (χ4n) is 4.20. The van der Waals surface area contributed by atoms with Gasteiger partial charge in [0.05, 0.1) is 0 Å². The maximum atomic E-state index is 12.8. The number of nitrogens with zero attached hydrogens (tertiary/aromatic N) is 4. The van der Waals surface area contributed by atoms with E-state index in [2.05, 4.69) is 9.88 Å². The van der Waals surface area contributed by atoms with Crippen LogP contribution in [0, 0.1) is 5.92 Å². The number of amides is 1. The minimum atomic E-state index is -0.176. The number of carbonyl (C=O) groups excluding carboxylic acids is 1. The number of piperazine rings is 1. The van der Waals surface area contributed by atoms with Crippen LogP contribution in [0.4, 0.5) is 0 Å². The van der Waals surface area contributed by atoms with E-state index in [1.54, 1.807) is 16.3 Å². The molecule has 3 aliphatic rings. The van der Waals surface area contributed by atoms with E-state index in [0.717, 1.165) is 29.9 Å². The van der Waals surface area contributed by atoms with Gasteiger partial charge in [-0.15, -0.1) is 0 Å². The maximum Gasteiger partial charge on any atom is 0.267 e. The van der Waals surface area contributed by atoms with E-state index in [0.29, 0.717) is 19.6 Å². The Morgan fingerprint density at radius 1 is 1.12 bits per heavy atom.